The summed E-state index contributed by atoms with van der Waals surface area (Å²) in [5, 5.41) is 9.09. The molecule has 2 N–H and O–H groups in total. The summed E-state index contributed by atoms with van der Waals surface area (Å²) in [6.45, 7) is 0. The van der Waals surface area contributed by atoms with E-state index in [0.717, 1.165) is 28.0 Å². The van der Waals surface area contributed by atoms with E-state index in [1.54, 1.807) is 18.2 Å². The Morgan fingerprint density at radius 1 is 0.885 bits per heavy atom. The van der Waals surface area contributed by atoms with E-state index in [0.29, 0.717) is 5.52 Å². The number of carbonyl (C=O) groups is 1. The topological polar surface area (TPSA) is 66.0 Å². The number of fused-ring (bicyclic) bond motifs is 1. The lowest BCUT2D eigenvalue weighted by atomic mass is 10.1. The molecule has 3 aromatic carbocycles. The van der Waals surface area contributed by atoms with Crippen molar-refractivity contribution < 1.29 is 9.90 Å². The van der Waals surface area contributed by atoms with Gasteiger partial charge in [0, 0.05) is 5.56 Å². The van der Waals surface area contributed by atoms with Gasteiger partial charge in [0.2, 0.25) is 0 Å². The van der Waals surface area contributed by atoms with E-state index in [4.69, 9.17) is 5.11 Å². The standard InChI is InChI=1S/C22H16N2O2/c25-22(26)18-12-13-19-20(14-18)24-21(23-19)17-10-8-16(9-11-17)7-6-15-4-2-1-3-5-15/h1-14H,(H,23,24)(H,25,26)/b7-6+. The van der Waals surface area contributed by atoms with Crippen molar-refractivity contribution in [3.05, 3.63) is 89.5 Å². The van der Waals surface area contributed by atoms with Gasteiger partial charge < -0.3 is 10.1 Å². The fourth-order valence-corrected chi connectivity index (χ4v) is 2.79. The number of nitrogens with one attached hydrogen (secondary N) is 1. The number of aromatic nitrogens is 2. The molecule has 26 heavy (non-hydrogen) atoms. The first kappa shape index (κ1) is 15.8. The number of benzene rings is 3. The maximum atomic E-state index is 11.1. The second kappa shape index (κ2) is 6.69. The number of aromatic amines is 1. The third kappa shape index (κ3) is 3.26. The van der Waals surface area contributed by atoms with Crippen LogP contribution in [0.4, 0.5) is 0 Å². The van der Waals surface area contributed by atoms with Crippen LogP contribution in [0.2, 0.25) is 0 Å². The number of hydrogen-bond acceptors (Lipinski definition) is 2. The Morgan fingerprint density at radius 2 is 1.58 bits per heavy atom. The van der Waals surface area contributed by atoms with Gasteiger partial charge in [-0.2, -0.15) is 0 Å². The third-order valence-electron chi connectivity index (χ3n) is 4.18. The maximum Gasteiger partial charge on any atom is 0.335 e. The fraction of sp³-hybridized carbons (Fsp3) is 0. The summed E-state index contributed by atoms with van der Waals surface area (Å²) in [4.78, 5) is 18.8. The van der Waals surface area contributed by atoms with Gasteiger partial charge in [0.05, 0.1) is 16.6 Å². The zero-order valence-corrected chi connectivity index (χ0v) is 13.9. The summed E-state index contributed by atoms with van der Waals surface area (Å²) in [6.07, 6.45) is 4.14. The summed E-state index contributed by atoms with van der Waals surface area (Å²) in [6, 6.07) is 23.1. The smallest absolute Gasteiger partial charge is 0.335 e. The van der Waals surface area contributed by atoms with Crippen LogP contribution in [0.25, 0.3) is 34.6 Å². The Kier molecular flexibility index (Phi) is 4.07. The number of rotatable bonds is 4. The highest BCUT2D eigenvalue weighted by atomic mass is 16.4. The van der Waals surface area contributed by atoms with Gasteiger partial charge in [-0.3, -0.25) is 0 Å². The molecule has 4 nitrogen and oxygen atoms in total. The second-order valence-corrected chi connectivity index (χ2v) is 5.99. The van der Waals surface area contributed by atoms with Gasteiger partial charge in [0.25, 0.3) is 0 Å². The van der Waals surface area contributed by atoms with Crippen LogP contribution in [-0.2, 0) is 0 Å². The number of H-pyrrole nitrogens is 1. The van der Waals surface area contributed by atoms with E-state index in [1.165, 1.54) is 0 Å². The second-order valence-electron chi connectivity index (χ2n) is 5.99. The highest BCUT2D eigenvalue weighted by Crippen LogP contribution is 2.22. The van der Waals surface area contributed by atoms with Crippen molar-refractivity contribution >= 4 is 29.2 Å². The average molecular weight is 340 g/mol. The van der Waals surface area contributed by atoms with E-state index >= 15 is 0 Å². The lowest BCUT2D eigenvalue weighted by Crippen LogP contribution is -1.94. The molecule has 4 heteroatoms. The van der Waals surface area contributed by atoms with Gasteiger partial charge in [-0.15, -0.1) is 0 Å². The van der Waals surface area contributed by atoms with Crippen LogP contribution in [-0.4, -0.2) is 21.0 Å². The molecule has 0 atom stereocenters. The first-order chi connectivity index (χ1) is 12.7. The Labute approximate surface area is 150 Å². The summed E-state index contributed by atoms with van der Waals surface area (Å²) >= 11 is 0. The monoisotopic (exact) mass is 340 g/mol. The van der Waals surface area contributed by atoms with Gasteiger partial charge >= 0.3 is 5.97 Å². The molecule has 0 aliphatic rings. The molecule has 0 saturated heterocycles. The first-order valence-electron chi connectivity index (χ1n) is 8.26. The third-order valence-corrected chi connectivity index (χ3v) is 4.18. The van der Waals surface area contributed by atoms with Crippen LogP contribution >= 0.6 is 0 Å². The van der Waals surface area contributed by atoms with Crippen molar-refractivity contribution in [1.29, 1.82) is 0 Å². The van der Waals surface area contributed by atoms with Crippen molar-refractivity contribution in [1.82, 2.24) is 9.97 Å². The minimum absolute atomic E-state index is 0.245. The number of aromatic carboxylic acids is 1. The SMILES string of the molecule is O=C(O)c1ccc2nc(-c3ccc(/C=C/c4ccccc4)cc3)[nH]c2c1. The molecule has 0 bridgehead atoms. The highest BCUT2D eigenvalue weighted by Gasteiger charge is 2.08. The predicted molar refractivity (Wildman–Crippen MR) is 104 cm³/mol. The minimum atomic E-state index is -0.947. The van der Waals surface area contributed by atoms with E-state index in [1.807, 2.05) is 42.5 Å². The van der Waals surface area contributed by atoms with Gasteiger partial charge in [-0.05, 0) is 29.3 Å². The van der Waals surface area contributed by atoms with Crippen LogP contribution in [0, 0.1) is 0 Å². The number of imidazole rings is 1. The number of nitrogens with zero attached hydrogens (tertiary/aromatic N) is 1. The van der Waals surface area contributed by atoms with Crippen molar-refractivity contribution in [2.24, 2.45) is 0 Å². The Bertz CT molecular complexity index is 1090. The Morgan fingerprint density at radius 3 is 2.27 bits per heavy atom. The molecule has 1 aromatic heterocycles. The molecule has 126 valence electrons. The molecule has 0 amide bonds. The summed E-state index contributed by atoms with van der Waals surface area (Å²) in [5.41, 5.74) is 4.92. The Hall–Kier alpha value is -3.66. The molecule has 0 spiro atoms. The van der Waals surface area contributed by atoms with Gasteiger partial charge in [0.15, 0.2) is 0 Å². The first-order valence-corrected chi connectivity index (χ1v) is 8.26. The molecule has 0 aliphatic heterocycles. The number of carboxylic acid groups (broad SMARTS) is 1. The number of hydrogen-bond donors (Lipinski definition) is 2. The molecule has 4 rings (SSSR count). The molecule has 0 unspecified atom stereocenters. The predicted octanol–water partition coefficient (Wildman–Crippen LogP) is 5.10. The van der Waals surface area contributed by atoms with Crippen molar-refractivity contribution in [2.75, 3.05) is 0 Å². The average Bonchev–Trinajstić information content (AvgIpc) is 3.11. The van der Waals surface area contributed by atoms with E-state index < -0.39 is 5.97 Å². The van der Waals surface area contributed by atoms with Crippen molar-refractivity contribution in [2.45, 2.75) is 0 Å². The van der Waals surface area contributed by atoms with Crippen LogP contribution in [0.3, 0.4) is 0 Å². The van der Waals surface area contributed by atoms with Gasteiger partial charge in [-0.1, -0.05) is 66.7 Å². The molecule has 4 aromatic rings. The maximum absolute atomic E-state index is 11.1. The lowest BCUT2D eigenvalue weighted by molar-refractivity contribution is 0.0697. The van der Waals surface area contributed by atoms with Crippen LogP contribution < -0.4 is 0 Å². The van der Waals surface area contributed by atoms with Crippen molar-refractivity contribution in [3.63, 3.8) is 0 Å². The quantitative estimate of drug-likeness (QED) is 0.508. The van der Waals surface area contributed by atoms with Crippen LogP contribution in [0.5, 0.6) is 0 Å². The Balaban J connectivity index is 1.59. The normalized spacial score (nSPS) is 11.2. The molecular formula is C22H16N2O2. The molecular weight excluding hydrogens is 324 g/mol. The van der Waals surface area contributed by atoms with Crippen LogP contribution in [0.1, 0.15) is 21.5 Å². The molecule has 1 heterocycles. The zero-order chi connectivity index (χ0) is 17.9. The van der Waals surface area contributed by atoms with Crippen molar-refractivity contribution in [3.8, 4) is 11.4 Å². The summed E-state index contributed by atoms with van der Waals surface area (Å²) in [5.74, 6) is -0.223. The highest BCUT2D eigenvalue weighted by molar-refractivity contribution is 5.93. The van der Waals surface area contributed by atoms with E-state index in [2.05, 4.69) is 34.3 Å². The molecule has 0 saturated carbocycles. The molecule has 0 fully saturated rings. The van der Waals surface area contributed by atoms with Crippen LogP contribution in [0.15, 0.2) is 72.8 Å². The van der Waals surface area contributed by atoms with Gasteiger partial charge in [0.1, 0.15) is 5.82 Å². The zero-order valence-electron chi connectivity index (χ0n) is 13.9. The lowest BCUT2D eigenvalue weighted by Gasteiger charge is -1.98. The van der Waals surface area contributed by atoms with E-state index in [-0.39, 0.29) is 5.56 Å². The largest absolute Gasteiger partial charge is 0.478 e. The van der Waals surface area contributed by atoms with E-state index in [9.17, 15) is 4.79 Å². The molecule has 0 aliphatic carbocycles. The van der Waals surface area contributed by atoms with Gasteiger partial charge in [-0.25, -0.2) is 9.78 Å². The molecule has 0 radical (unpaired) electrons. The fourth-order valence-electron chi connectivity index (χ4n) is 2.79. The summed E-state index contributed by atoms with van der Waals surface area (Å²) in [7, 11) is 0. The summed E-state index contributed by atoms with van der Waals surface area (Å²) < 4.78 is 0. The number of carboxylic acids is 1. The minimum Gasteiger partial charge on any atom is -0.478 e.